The second-order valence-corrected chi connectivity index (χ2v) is 11.3. The lowest BCUT2D eigenvalue weighted by Crippen LogP contribution is -2.53. The molecule has 0 spiro atoms. The summed E-state index contributed by atoms with van der Waals surface area (Å²) in [5.74, 6) is 1.52. The summed E-state index contributed by atoms with van der Waals surface area (Å²) in [7, 11) is 0. The minimum absolute atomic E-state index is 0.0546. The van der Waals surface area contributed by atoms with Gasteiger partial charge in [0, 0.05) is 0 Å². The molecule has 0 radical (unpaired) electrons. The smallest absolute Gasteiger partial charge is 0.0594 e. The van der Waals surface area contributed by atoms with Crippen LogP contribution in [0.3, 0.4) is 0 Å². The van der Waals surface area contributed by atoms with Crippen molar-refractivity contribution >= 4 is 0 Å². The fraction of sp³-hybridized carbons (Fsp3) is 0.846. The molecule has 4 aliphatic carbocycles. The molecule has 27 heavy (non-hydrogen) atoms. The van der Waals surface area contributed by atoms with E-state index in [1.165, 1.54) is 64.2 Å². The Morgan fingerprint density at radius 2 is 1.78 bits per heavy atom. The van der Waals surface area contributed by atoms with Crippen LogP contribution in [0, 0.1) is 28.1 Å². The lowest BCUT2D eigenvalue weighted by atomic mass is 9.46. The SMILES string of the molecule is CCCCC[C@H]1CC=C2C3=C(CC[C@@]21C)[C@@]1(C)CC[C@H](O)C(C)(C)C1CC3. The summed E-state index contributed by atoms with van der Waals surface area (Å²) in [6.45, 7) is 12.1. The van der Waals surface area contributed by atoms with Crippen LogP contribution in [0.5, 0.6) is 0 Å². The van der Waals surface area contributed by atoms with Gasteiger partial charge in [-0.25, -0.2) is 0 Å². The Balaban J connectivity index is 1.64. The van der Waals surface area contributed by atoms with Gasteiger partial charge >= 0.3 is 0 Å². The first-order valence-electron chi connectivity index (χ1n) is 11.9. The van der Waals surface area contributed by atoms with Gasteiger partial charge in [0.2, 0.25) is 0 Å². The highest BCUT2D eigenvalue weighted by Crippen LogP contribution is 2.66. The zero-order valence-corrected chi connectivity index (χ0v) is 18.5. The van der Waals surface area contributed by atoms with E-state index in [0.29, 0.717) is 16.7 Å². The van der Waals surface area contributed by atoms with Crippen LogP contribution in [0.4, 0.5) is 0 Å². The molecule has 1 saturated carbocycles. The molecule has 0 aliphatic heterocycles. The molecule has 1 fully saturated rings. The first-order valence-corrected chi connectivity index (χ1v) is 11.9. The molecule has 4 rings (SSSR count). The van der Waals surface area contributed by atoms with E-state index in [4.69, 9.17) is 0 Å². The maximum absolute atomic E-state index is 10.7. The first-order chi connectivity index (χ1) is 12.7. The molecule has 1 heteroatoms. The number of hydrogen-bond acceptors (Lipinski definition) is 1. The fourth-order valence-corrected chi connectivity index (χ4v) is 7.85. The second kappa shape index (κ2) is 6.75. The Morgan fingerprint density at radius 1 is 1.00 bits per heavy atom. The Labute approximate surface area is 167 Å². The van der Waals surface area contributed by atoms with Crippen molar-refractivity contribution in [3.05, 3.63) is 22.8 Å². The summed E-state index contributed by atoms with van der Waals surface area (Å²) in [6, 6.07) is 0. The van der Waals surface area contributed by atoms with E-state index in [1.807, 2.05) is 0 Å². The average Bonchev–Trinajstić information content (AvgIpc) is 2.96. The number of aliphatic hydroxyl groups is 1. The van der Waals surface area contributed by atoms with Gasteiger partial charge in [0.05, 0.1) is 6.10 Å². The number of aliphatic hydroxyl groups excluding tert-OH is 1. The van der Waals surface area contributed by atoms with Gasteiger partial charge in [-0.3, -0.25) is 0 Å². The Kier molecular flexibility index (Phi) is 4.94. The van der Waals surface area contributed by atoms with Crippen molar-refractivity contribution in [3.8, 4) is 0 Å². The topological polar surface area (TPSA) is 20.2 Å². The number of hydrogen-bond donors (Lipinski definition) is 1. The van der Waals surface area contributed by atoms with Gasteiger partial charge in [0.25, 0.3) is 0 Å². The lowest BCUT2D eigenvalue weighted by Gasteiger charge is -2.59. The number of allylic oxidation sites excluding steroid dienone is 4. The first kappa shape index (κ1) is 19.7. The Hall–Kier alpha value is -0.560. The van der Waals surface area contributed by atoms with E-state index < -0.39 is 0 Å². The summed E-state index contributed by atoms with van der Waals surface area (Å²) >= 11 is 0. The van der Waals surface area contributed by atoms with Crippen LogP contribution in [0.1, 0.15) is 105 Å². The quantitative estimate of drug-likeness (QED) is 0.518. The minimum Gasteiger partial charge on any atom is -0.393 e. The molecule has 4 aliphatic rings. The molecule has 0 aromatic carbocycles. The van der Waals surface area contributed by atoms with Gasteiger partial charge < -0.3 is 5.11 Å². The van der Waals surface area contributed by atoms with E-state index in [0.717, 1.165) is 12.3 Å². The molecule has 152 valence electrons. The van der Waals surface area contributed by atoms with Gasteiger partial charge in [0.15, 0.2) is 0 Å². The van der Waals surface area contributed by atoms with Crippen LogP contribution in [-0.4, -0.2) is 11.2 Å². The van der Waals surface area contributed by atoms with Crippen LogP contribution < -0.4 is 0 Å². The van der Waals surface area contributed by atoms with Crippen molar-refractivity contribution in [3.63, 3.8) is 0 Å². The van der Waals surface area contributed by atoms with Crippen molar-refractivity contribution in [2.45, 2.75) is 111 Å². The van der Waals surface area contributed by atoms with Gasteiger partial charge in [0.1, 0.15) is 0 Å². The standard InChI is InChI=1S/C26H42O/c1-6-7-8-9-18-10-12-20-19-11-13-22-24(2,3)23(27)15-17-26(22,5)21(19)14-16-25(18,20)4/h12,18,22-23,27H,6-11,13-17H2,1-5H3/t18-,22?,23-,25+,26+/m0/s1. The van der Waals surface area contributed by atoms with Crippen molar-refractivity contribution < 1.29 is 5.11 Å². The summed E-state index contributed by atoms with van der Waals surface area (Å²) in [6.07, 6.45) is 16.8. The van der Waals surface area contributed by atoms with Crippen LogP contribution in [-0.2, 0) is 0 Å². The molecule has 0 heterocycles. The van der Waals surface area contributed by atoms with Gasteiger partial charge in [-0.2, -0.15) is 0 Å². The molecule has 0 aromatic rings. The number of unbranched alkanes of at least 4 members (excludes halogenated alkanes) is 2. The zero-order valence-electron chi connectivity index (χ0n) is 18.5. The average molecular weight is 371 g/mol. The van der Waals surface area contributed by atoms with Crippen molar-refractivity contribution in [2.24, 2.45) is 28.1 Å². The van der Waals surface area contributed by atoms with Gasteiger partial charge in [-0.1, -0.05) is 65.5 Å². The molecular weight excluding hydrogens is 328 g/mol. The Bertz CT molecular complexity index is 653. The van der Waals surface area contributed by atoms with E-state index in [-0.39, 0.29) is 11.5 Å². The second-order valence-electron chi connectivity index (χ2n) is 11.3. The normalized spacial score (nSPS) is 43.0. The molecule has 0 bridgehead atoms. The Morgan fingerprint density at radius 3 is 2.52 bits per heavy atom. The maximum atomic E-state index is 10.7. The molecule has 0 saturated heterocycles. The van der Waals surface area contributed by atoms with E-state index in [2.05, 4.69) is 40.7 Å². The number of fused-ring (bicyclic) bond motifs is 4. The highest BCUT2D eigenvalue weighted by atomic mass is 16.3. The summed E-state index contributed by atoms with van der Waals surface area (Å²) in [4.78, 5) is 0. The van der Waals surface area contributed by atoms with Crippen LogP contribution in [0.25, 0.3) is 0 Å². The van der Waals surface area contributed by atoms with Crippen LogP contribution >= 0.6 is 0 Å². The summed E-state index contributed by atoms with van der Waals surface area (Å²) in [5, 5.41) is 10.7. The number of rotatable bonds is 4. The van der Waals surface area contributed by atoms with Crippen LogP contribution in [0.15, 0.2) is 22.8 Å². The molecule has 1 unspecified atom stereocenters. The third kappa shape index (κ3) is 2.82. The van der Waals surface area contributed by atoms with Gasteiger partial charge in [-0.15, -0.1) is 0 Å². The highest BCUT2D eigenvalue weighted by molar-refractivity contribution is 5.49. The third-order valence-corrected chi connectivity index (χ3v) is 9.70. The van der Waals surface area contributed by atoms with E-state index in [9.17, 15) is 5.11 Å². The van der Waals surface area contributed by atoms with Crippen molar-refractivity contribution in [1.29, 1.82) is 0 Å². The lowest BCUT2D eigenvalue weighted by molar-refractivity contribution is -0.0904. The van der Waals surface area contributed by atoms with Crippen LogP contribution in [0.2, 0.25) is 0 Å². The molecule has 0 aromatic heterocycles. The molecule has 5 atom stereocenters. The molecule has 0 amide bonds. The van der Waals surface area contributed by atoms with Gasteiger partial charge in [-0.05, 0) is 90.6 Å². The zero-order chi connectivity index (χ0) is 19.4. The fourth-order valence-electron chi connectivity index (χ4n) is 7.85. The maximum Gasteiger partial charge on any atom is 0.0594 e. The monoisotopic (exact) mass is 370 g/mol. The molecular formula is C26H42O. The van der Waals surface area contributed by atoms with E-state index >= 15 is 0 Å². The van der Waals surface area contributed by atoms with Crippen molar-refractivity contribution in [2.75, 3.05) is 0 Å². The predicted octanol–water partition coefficient (Wildman–Crippen LogP) is 7.21. The minimum atomic E-state index is -0.125. The highest BCUT2D eigenvalue weighted by Gasteiger charge is 2.56. The largest absolute Gasteiger partial charge is 0.393 e. The third-order valence-electron chi connectivity index (χ3n) is 9.70. The van der Waals surface area contributed by atoms with E-state index in [1.54, 1.807) is 16.7 Å². The summed E-state index contributed by atoms with van der Waals surface area (Å²) in [5.41, 5.74) is 6.15. The molecule has 1 nitrogen and oxygen atoms in total. The predicted molar refractivity (Wildman–Crippen MR) is 115 cm³/mol. The summed E-state index contributed by atoms with van der Waals surface area (Å²) < 4.78 is 0. The van der Waals surface area contributed by atoms with Crippen molar-refractivity contribution in [1.82, 2.24) is 0 Å². The molecule has 1 N–H and O–H groups in total.